The number of hydrogen-bond acceptors (Lipinski definition) is 4. The molecule has 0 aliphatic carbocycles. The number of nitrogens with one attached hydrogen (secondary N) is 1. The van der Waals surface area contributed by atoms with Crippen molar-refractivity contribution in [3.05, 3.63) is 42.7 Å². The summed E-state index contributed by atoms with van der Waals surface area (Å²) in [5, 5.41) is 12.3. The fourth-order valence-electron chi connectivity index (χ4n) is 1.74. The number of aromatic nitrogens is 3. The average molecular weight is 260 g/mol. The van der Waals surface area contributed by atoms with Crippen LogP contribution in [0.5, 0.6) is 5.75 Å². The second-order valence-corrected chi connectivity index (χ2v) is 4.45. The van der Waals surface area contributed by atoms with E-state index in [4.69, 9.17) is 0 Å². The van der Waals surface area contributed by atoms with Gasteiger partial charge in [-0.15, -0.1) is 0 Å². The van der Waals surface area contributed by atoms with Crippen molar-refractivity contribution in [2.75, 3.05) is 6.54 Å². The molecule has 0 fully saturated rings. The summed E-state index contributed by atoms with van der Waals surface area (Å²) in [6.45, 7) is 3.31. The Balaban J connectivity index is 1.85. The molecular weight excluding hydrogens is 244 g/mol. The maximum Gasteiger partial charge on any atom is 0.273 e. The van der Waals surface area contributed by atoms with Crippen molar-refractivity contribution >= 4 is 5.91 Å². The van der Waals surface area contributed by atoms with Crippen molar-refractivity contribution in [3.63, 3.8) is 0 Å². The highest BCUT2D eigenvalue weighted by atomic mass is 16.3. The van der Waals surface area contributed by atoms with Gasteiger partial charge in [0.15, 0.2) is 5.69 Å². The van der Waals surface area contributed by atoms with Gasteiger partial charge in [-0.2, -0.15) is 0 Å². The Labute approximate surface area is 111 Å². The molecule has 0 spiro atoms. The molecule has 2 aromatic heterocycles. The molecule has 19 heavy (non-hydrogen) atoms. The lowest BCUT2D eigenvalue weighted by atomic mass is 10.2. The Morgan fingerprint density at radius 2 is 2.37 bits per heavy atom. The standard InChI is InChI=1S/C13H16N4O2/c1-10(8-17-6-5-14-9-17)7-16-13(19)12-11(18)3-2-4-15-12/h2-6,9-10,18H,7-8H2,1H3,(H,16,19)/t10-/m0/s1. The average Bonchev–Trinajstić information content (AvgIpc) is 2.89. The van der Waals surface area contributed by atoms with Crippen molar-refractivity contribution in [2.24, 2.45) is 5.92 Å². The lowest BCUT2D eigenvalue weighted by Gasteiger charge is -2.13. The minimum atomic E-state index is -0.365. The molecule has 6 heteroatoms. The molecule has 2 rings (SSSR count). The van der Waals surface area contributed by atoms with Crippen LogP contribution >= 0.6 is 0 Å². The fourth-order valence-corrected chi connectivity index (χ4v) is 1.74. The van der Waals surface area contributed by atoms with Crippen LogP contribution in [-0.2, 0) is 6.54 Å². The van der Waals surface area contributed by atoms with Gasteiger partial charge < -0.3 is 15.0 Å². The van der Waals surface area contributed by atoms with Gasteiger partial charge in [0.2, 0.25) is 0 Å². The summed E-state index contributed by atoms with van der Waals surface area (Å²) in [4.78, 5) is 19.6. The van der Waals surface area contributed by atoms with Gasteiger partial charge in [0.1, 0.15) is 5.75 Å². The maximum absolute atomic E-state index is 11.8. The second kappa shape index (κ2) is 5.99. The molecule has 0 aliphatic heterocycles. The summed E-state index contributed by atoms with van der Waals surface area (Å²) in [5.41, 5.74) is 0.0531. The van der Waals surface area contributed by atoms with E-state index >= 15 is 0 Å². The van der Waals surface area contributed by atoms with Crippen LogP contribution in [0.3, 0.4) is 0 Å². The third kappa shape index (κ3) is 3.54. The molecule has 0 unspecified atom stereocenters. The van der Waals surface area contributed by atoms with Crippen LogP contribution in [0.1, 0.15) is 17.4 Å². The number of hydrogen-bond donors (Lipinski definition) is 2. The number of pyridine rings is 1. The molecule has 0 bridgehead atoms. The number of aromatic hydroxyl groups is 1. The lowest BCUT2D eigenvalue weighted by Crippen LogP contribution is -2.30. The predicted octanol–water partition coefficient (Wildman–Crippen LogP) is 1.05. The first-order chi connectivity index (χ1) is 9.16. The first-order valence-corrected chi connectivity index (χ1v) is 6.04. The zero-order valence-electron chi connectivity index (χ0n) is 10.7. The zero-order valence-corrected chi connectivity index (χ0v) is 10.7. The molecule has 0 aliphatic rings. The molecule has 0 aromatic carbocycles. The number of rotatable bonds is 5. The van der Waals surface area contributed by atoms with Crippen LogP contribution in [0.4, 0.5) is 0 Å². The number of carbonyl (C=O) groups excluding carboxylic acids is 1. The number of carbonyl (C=O) groups is 1. The molecular formula is C13H16N4O2. The Hall–Kier alpha value is -2.37. The minimum Gasteiger partial charge on any atom is -0.505 e. The van der Waals surface area contributed by atoms with E-state index in [0.717, 1.165) is 6.54 Å². The second-order valence-electron chi connectivity index (χ2n) is 4.45. The van der Waals surface area contributed by atoms with Crippen molar-refractivity contribution in [1.82, 2.24) is 19.9 Å². The van der Waals surface area contributed by atoms with Crippen molar-refractivity contribution in [1.29, 1.82) is 0 Å². The molecule has 2 heterocycles. The smallest absolute Gasteiger partial charge is 0.273 e. The van der Waals surface area contributed by atoms with Gasteiger partial charge in [-0.3, -0.25) is 4.79 Å². The Morgan fingerprint density at radius 1 is 1.53 bits per heavy atom. The molecule has 6 nitrogen and oxygen atoms in total. The molecule has 0 saturated heterocycles. The summed E-state index contributed by atoms with van der Waals surface area (Å²) >= 11 is 0. The molecule has 1 amide bonds. The molecule has 2 N–H and O–H groups in total. The zero-order chi connectivity index (χ0) is 13.7. The van der Waals surface area contributed by atoms with Gasteiger partial charge in [0.25, 0.3) is 5.91 Å². The van der Waals surface area contributed by atoms with Crippen LogP contribution in [0.2, 0.25) is 0 Å². The van der Waals surface area contributed by atoms with Crippen LogP contribution in [-0.4, -0.2) is 32.1 Å². The van der Waals surface area contributed by atoms with Crippen molar-refractivity contribution in [2.45, 2.75) is 13.5 Å². The minimum absolute atomic E-state index is 0.0531. The highest BCUT2D eigenvalue weighted by molar-refractivity contribution is 5.94. The molecule has 100 valence electrons. The monoisotopic (exact) mass is 260 g/mol. The number of nitrogens with zero attached hydrogens (tertiary/aromatic N) is 3. The third-order valence-corrected chi connectivity index (χ3v) is 2.69. The highest BCUT2D eigenvalue weighted by Gasteiger charge is 2.13. The van der Waals surface area contributed by atoms with E-state index in [1.54, 1.807) is 18.6 Å². The topological polar surface area (TPSA) is 80.0 Å². The van der Waals surface area contributed by atoms with Gasteiger partial charge in [0.05, 0.1) is 6.33 Å². The molecule has 0 saturated carbocycles. The van der Waals surface area contributed by atoms with E-state index in [9.17, 15) is 9.90 Å². The van der Waals surface area contributed by atoms with Crippen LogP contribution in [0.25, 0.3) is 0 Å². The first-order valence-electron chi connectivity index (χ1n) is 6.04. The highest BCUT2D eigenvalue weighted by Crippen LogP contribution is 2.12. The normalized spacial score (nSPS) is 12.1. The van der Waals surface area contributed by atoms with Crippen LogP contribution in [0, 0.1) is 5.92 Å². The predicted molar refractivity (Wildman–Crippen MR) is 69.6 cm³/mol. The van der Waals surface area contributed by atoms with Crippen LogP contribution in [0.15, 0.2) is 37.1 Å². The maximum atomic E-state index is 11.8. The lowest BCUT2D eigenvalue weighted by molar-refractivity contribution is 0.0939. The van der Waals surface area contributed by atoms with E-state index in [1.807, 2.05) is 17.7 Å². The summed E-state index contributed by atoms with van der Waals surface area (Å²) in [6, 6.07) is 3.02. The van der Waals surface area contributed by atoms with Gasteiger partial charge >= 0.3 is 0 Å². The number of amides is 1. The fraction of sp³-hybridized carbons (Fsp3) is 0.308. The van der Waals surface area contributed by atoms with Gasteiger partial charge in [-0.05, 0) is 18.1 Å². The van der Waals surface area contributed by atoms with Crippen molar-refractivity contribution in [3.8, 4) is 5.75 Å². The summed E-state index contributed by atoms with van der Waals surface area (Å²) in [5.74, 6) is -0.221. The van der Waals surface area contributed by atoms with Crippen LogP contribution < -0.4 is 5.32 Å². The van der Waals surface area contributed by atoms with Crippen molar-refractivity contribution < 1.29 is 9.90 Å². The summed E-state index contributed by atoms with van der Waals surface area (Å²) in [7, 11) is 0. The molecule has 0 radical (unpaired) electrons. The van der Waals surface area contributed by atoms with E-state index in [1.165, 1.54) is 12.3 Å². The van der Waals surface area contributed by atoms with E-state index in [-0.39, 0.29) is 23.3 Å². The molecule has 1 atom stereocenters. The van der Waals surface area contributed by atoms with E-state index in [2.05, 4.69) is 15.3 Å². The van der Waals surface area contributed by atoms with Gasteiger partial charge in [-0.1, -0.05) is 6.92 Å². The Bertz CT molecular complexity index is 539. The van der Waals surface area contributed by atoms with E-state index in [0.29, 0.717) is 6.54 Å². The third-order valence-electron chi connectivity index (χ3n) is 2.69. The first kappa shape index (κ1) is 13.1. The van der Waals surface area contributed by atoms with Gasteiger partial charge in [-0.25, -0.2) is 9.97 Å². The SMILES string of the molecule is C[C@@H](CNC(=O)c1ncccc1O)Cn1ccnc1. The van der Waals surface area contributed by atoms with Gasteiger partial charge in [0, 0.05) is 31.7 Å². The Kier molecular flexibility index (Phi) is 4.12. The molecule has 2 aromatic rings. The quantitative estimate of drug-likeness (QED) is 0.842. The summed E-state index contributed by atoms with van der Waals surface area (Å²) < 4.78 is 1.95. The number of imidazole rings is 1. The Morgan fingerprint density at radius 3 is 3.05 bits per heavy atom. The van der Waals surface area contributed by atoms with E-state index < -0.39 is 0 Å². The summed E-state index contributed by atoms with van der Waals surface area (Å²) in [6.07, 6.45) is 6.81. The largest absolute Gasteiger partial charge is 0.505 e.